The molecule has 3 amide bonds. The highest BCUT2D eigenvalue weighted by Gasteiger charge is 2.39. The summed E-state index contributed by atoms with van der Waals surface area (Å²) in [6.45, 7) is 21.9. The smallest absolute Gasteiger partial charge is 0.408 e. The summed E-state index contributed by atoms with van der Waals surface area (Å²) in [5.74, 6) is -2.00. The summed E-state index contributed by atoms with van der Waals surface area (Å²) in [6.07, 6.45) is 3.16. The lowest BCUT2D eigenvalue weighted by Crippen LogP contribution is -2.56. The van der Waals surface area contributed by atoms with E-state index in [4.69, 9.17) is 9.47 Å². The summed E-state index contributed by atoms with van der Waals surface area (Å²) in [5, 5.41) is 5.63. The zero-order valence-electron chi connectivity index (χ0n) is 28.6. The number of amides is 3. The quantitative estimate of drug-likeness (QED) is 0.184. The van der Waals surface area contributed by atoms with Crippen LogP contribution in [-0.2, 0) is 30.3 Å². The zero-order chi connectivity index (χ0) is 34.7. The van der Waals surface area contributed by atoms with E-state index in [0.717, 1.165) is 11.1 Å². The van der Waals surface area contributed by atoms with Crippen LogP contribution in [0.4, 0.5) is 4.79 Å². The number of alkyl carbamates (subject to hydrolysis) is 1. The van der Waals surface area contributed by atoms with E-state index in [-0.39, 0.29) is 18.9 Å². The Bertz CT molecular complexity index is 1360. The molecule has 0 heterocycles. The second-order valence-corrected chi connectivity index (χ2v) is 13.3. The highest BCUT2D eigenvalue weighted by molar-refractivity contribution is 5.94. The lowest BCUT2D eigenvalue weighted by atomic mass is 9.95. The van der Waals surface area contributed by atoms with Gasteiger partial charge in [-0.15, -0.1) is 6.58 Å². The highest BCUT2D eigenvalue weighted by Crippen LogP contribution is 2.26. The van der Waals surface area contributed by atoms with Gasteiger partial charge in [0, 0.05) is 13.0 Å². The molecule has 9 nitrogen and oxygen atoms in total. The molecule has 0 saturated heterocycles. The fourth-order valence-electron chi connectivity index (χ4n) is 4.75. The predicted octanol–water partition coefficient (Wildman–Crippen LogP) is 6.39. The molecule has 0 aliphatic carbocycles. The van der Waals surface area contributed by atoms with E-state index in [1.807, 2.05) is 50.2 Å². The van der Waals surface area contributed by atoms with E-state index in [1.165, 1.54) is 11.0 Å². The lowest BCUT2D eigenvalue weighted by Gasteiger charge is -2.36. The molecule has 2 rings (SSSR count). The van der Waals surface area contributed by atoms with Crippen LogP contribution in [0.2, 0.25) is 0 Å². The predicted molar refractivity (Wildman–Crippen MR) is 182 cm³/mol. The van der Waals surface area contributed by atoms with E-state index in [1.54, 1.807) is 65.8 Å². The van der Waals surface area contributed by atoms with Crippen molar-refractivity contribution in [3.63, 3.8) is 0 Å². The van der Waals surface area contributed by atoms with Crippen LogP contribution < -0.4 is 10.6 Å². The topological polar surface area (TPSA) is 114 Å². The van der Waals surface area contributed by atoms with Crippen molar-refractivity contribution < 1.29 is 28.7 Å². The van der Waals surface area contributed by atoms with Crippen LogP contribution in [0.5, 0.6) is 0 Å². The summed E-state index contributed by atoms with van der Waals surface area (Å²) in [5.41, 5.74) is 0.474. The van der Waals surface area contributed by atoms with Crippen molar-refractivity contribution in [2.24, 2.45) is 5.92 Å². The van der Waals surface area contributed by atoms with E-state index < -0.39 is 53.2 Å². The summed E-state index contributed by atoms with van der Waals surface area (Å²) in [4.78, 5) is 56.5. The van der Waals surface area contributed by atoms with Crippen molar-refractivity contribution in [2.75, 3.05) is 6.54 Å². The summed E-state index contributed by atoms with van der Waals surface area (Å²) < 4.78 is 11.2. The maximum atomic E-state index is 14.4. The number of hydrogen-bond donors (Lipinski definition) is 2. The number of carbonyl (C=O) groups excluding carboxylic acids is 4. The summed E-state index contributed by atoms with van der Waals surface area (Å²) in [7, 11) is 0. The molecule has 2 aromatic carbocycles. The van der Waals surface area contributed by atoms with Crippen LogP contribution in [0.15, 0.2) is 73.8 Å². The minimum Gasteiger partial charge on any atom is -0.458 e. The number of nitrogens with zero attached hydrogens (tertiary/aromatic N) is 1. The van der Waals surface area contributed by atoms with Gasteiger partial charge in [0.2, 0.25) is 11.8 Å². The first-order valence-electron chi connectivity index (χ1n) is 15.7. The van der Waals surface area contributed by atoms with Gasteiger partial charge in [-0.3, -0.25) is 9.59 Å². The standard InChI is InChI=1S/C37H51N3O6/c1-11-22-40(33(42)30(25(4)12-2)39-35(44)46-37(8,9)10)31(28-21-17-20-26(13-3)23-28)32(41)38-29(34(43)45-36(5,6)7)24-27-18-15-14-16-19-27/h11,13-21,23,25,29-31H,1,3,12,22,24H2,2,4-10H3,(H,38,41)(H,39,44). The molecule has 0 spiro atoms. The molecule has 4 unspecified atom stereocenters. The van der Waals surface area contributed by atoms with Gasteiger partial charge in [0.15, 0.2) is 0 Å². The Kier molecular flexibility index (Phi) is 13.8. The number of esters is 1. The van der Waals surface area contributed by atoms with Crippen LogP contribution in [0, 0.1) is 5.92 Å². The van der Waals surface area contributed by atoms with E-state index in [0.29, 0.717) is 12.0 Å². The molecule has 250 valence electrons. The van der Waals surface area contributed by atoms with Crippen LogP contribution in [-0.4, -0.2) is 58.6 Å². The van der Waals surface area contributed by atoms with Gasteiger partial charge >= 0.3 is 12.1 Å². The largest absolute Gasteiger partial charge is 0.458 e. The molecule has 0 fully saturated rings. The van der Waals surface area contributed by atoms with Crippen LogP contribution in [0.25, 0.3) is 6.08 Å². The molecule has 0 saturated carbocycles. The Morgan fingerprint density at radius 2 is 1.52 bits per heavy atom. The minimum atomic E-state index is -1.20. The molecular formula is C37H51N3O6. The SMILES string of the molecule is C=CCN(C(=O)C(NC(=O)OC(C)(C)C)C(C)CC)C(C(=O)NC(Cc1ccccc1)C(=O)OC(C)(C)C)c1cccc(C=C)c1. The Labute approximate surface area is 274 Å². The molecular weight excluding hydrogens is 582 g/mol. The van der Waals surface area contributed by atoms with Gasteiger partial charge in [0.25, 0.3) is 0 Å². The van der Waals surface area contributed by atoms with Crippen LogP contribution in [0.1, 0.15) is 84.5 Å². The average Bonchev–Trinajstić information content (AvgIpc) is 2.97. The van der Waals surface area contributed by atoms with E-state index in [9.17, 15) is 19.2 Å². The van der Waals surface area contributed by atoms with Gasteiger partial charge in [0.05, 0.1) is 0 Å². The second kappa shape index (κ2) is 16.8. The third-order valence-corrected chi connectivity index (χ3v) is 7.07. The number of carbonyl (C=O) groups is 4. The number of nitrogens with one attached hydrogen (secondary N) is 2. The molecule has 46 heavy (non-hydrogen) atoms. The summed E-state index contributed by atoms with van der Waals surface area (Å²) >= 11 is 0. The third-order valence-electron chi connectivity index (χ3n) is 7.07. The van der Waals surface area contributed by atoms with Crippen molar-refractivity contribution in [3.05, 3.63) is 90.5 Å². The van der Waals surface area contributed by atoms with Crippen LogP contribution in [0.3, 0.4) is 0 Å². The van der Waals surface area contributed by atoms with Crippen molar-refractivity contribution in [2.45, 2.75) is 97.6 Å². The normalized spacial score (nSPS) is 14.1. The highest BCUT2D eigenvalue weighted by atomic mass is 16.6. The number of rotatable bonds is 14. The maximum absolute atomic E-state index is 14.4. The van der Waals surface area contributed by atoms with Gasteiger partial charge in [-0.05, 0) is 70.2 Å². The fourth-order valence-corrected chi connectivity index (χ4v) is 4.75. The molecule has 2 aromatic rings. The molecule has 4 atom stereocenters. The molecule has 0 radical (unpaired) electrons. The number of hydrogen-bond acceptors (Lipinski definition) is 6. The van der Waals surface area contributed by atoms with Crippen molar-refractivity contribution in [3.8, 4) is 0 Å². The number of benzene rings is 2. The first-order valence-corrected chi connectivity index (χ1v) is 15.7. The van der Waals surface area contributed by atoms with E-state index >= 15 is 0 Å². The van der Waals surface area contributed by atoms with Gasteiger partial charge in [0.1, 0.15) is 29.3 Å². The molecule has 9 heteroatoms. The van der Waals surface area contributed by atoms with Crippen molar-refractivity contribution in [1.29, 1.82) is 0 Å². The Morgan fingerprint density at radius 3 is 2.07 bits per heavy atom. The first-order chi connectivity index (χ1) is 21.5. The first kappa shape index (κ1) is 37.8. The molecule has 0 aromatic heterocycles. The summed E-state index contributed by atoms with van der Waals surface area (Å²) in [6, 6.07) is 13.1. The number of ether oxygens (including phenoxy) is 2. The minimum absolute atomic E-state index is 0.0199. The van der Waals surface area contributed by atoms with Crippen molar-refractivity contribution in [1.82, 2.24) is 15.5 Å². The van der Waals surface area contributed by atoms with E-state index in [2.05, 4.69) is 23.8 Å². The lowest BCUT2D eigenvalue weighted by molar-refractivity contribution is -0.159. The molecule has 2 N–H and O–H groups in total. The van der Waals surface area contributed by atoms with Crippen molar-refractivity contribution >= 4 is 30.0 Å². The Balaban J connectivity index is 2.64. The Hall–Kier alpha value is -4.40. The maximum Gasteiger partial charge on any atom is 0.408 e. The van der Waals surface area contributed by atoms with Gasteiger partial charge in [-0.2, -0.15) is 0 Å². The van der Waals surface area contributed by atoms with Crippen LogP contribution >= 0.6 is 0 Å². The van der Waals surface area contributed by atoms with Gasteiger partial charge in [-0.25, -0.2) is 9.59 Å². The van der Waals surface area contributed by atoms with Gasteiger partial charge < -0.3 is 25.0 Å². The molecule has 0 aliphatic rings. The fraction of sp³-hybridized carbons (Fsp3) is 0.459. The monoisotopic (exact) mass is 633 g/mol. The zero-order valence-corrected chi connectivity index (χ0v) is 28.6. The Morgan fingerprint density at radius 1 is 0.891 bits per heavy atom. The average molecular weight is 634 g/mol. The molecule has 0 bridgehead atoms. The molecule has 0 aliphatic heterocycles. The second-order valence-electron chi connectivity index (χ2n) is 13.3. The third kappa shape index (κ3) is 11.8. The van der Waals surface area contributed by atoms with Gasteiger partial charge in [-0.1, -0.05) is 87.5 Å².